The van der Waals surface area contributed by atoms with Crippen molar-refractivity contribution in [2.45, 2.75) is 32.1 Å². The van der Waals surface area contributed by atoms with Gasteiger partial charge in [0.15, 0.2) is 0 Å². The Morgan fingerprint density at radius 2 is 1.90 bits per heavy atom. The van der Waals surface area contributed by atoms with Crippen LogP contribution in [0.25, 0.3) is 21.9 Å². The van der Waals surface area contributed by atoms with E-state index in [1.807, 2.05) is 6.20 Å². The molecule has 0 saturated carbocycles. The van der Waals surface area contributed by atoms with E-state index in [4.69, 9.17) is 4.98 Å². The minimum atomic E-state index is -0.190. The molecule has 4 aromatic rings. The van der Waals surface area contributed by atoms with Gasteiger partial charge in [-0.05, 0) is 86.3 Å². The fourth-order valence-electron chi connectivity index (χ4n) is 4.52. The molecule has 1 saturated heterocycles. The molecule has 1 fully saturated rings. The van der Waals surface area contributed by atoms with E-state index in [1.165, 1.54) is 17.2 Å². The molecule has 5 rings (SSSR count). The molecule has 0 radical (unpaired) electrons. The lowest BCUT2D eigenvalue weighted by Gasteiger charge is -2.32. The Labute approximate surface area is 169 Å². The number of imidazole rings is 1. The molecule has 148 valence electrons. The van der Waals surface area contributed by atoms with Gasteiger partial charge in [0.1, 0.15) is 11.6 Å². The van der Waals surface area contributed by atoms with Gasteiger partial charge in [-0.15, -0.1) is 0 Å². The molecule has 0 bridgehead atoms. The molecule has 1 N–H and O–H groups in total. The average Bonchev–Trinajstić information content (AvgIpc) is 3.14. The molecule has 0 unspecified atom stereocenters. The summed E-state index contributed by atoms with van der Waals surface area (Å²) in [6, 6.07) is 13.3. The quantitative estimate of drug-likeness (QED) is 0.536. The predicted octanol–water partition coefficient (Wildman–Crippen LogP) is 4.98. The van der Waals surface area contributed by atoms with Crippen molar-refractivity contribution < 1.29 is 4.39 Å². The van der Waals surface area contributed by atoms with E-state index in [1.54, 1.807) is 12.1 Å². The molecule has 1 aliphatic heterocycles. The zero-order chi connectivity index (χ0) is 19.8. The Morgan fingerprint density at radius 3 is 2.76 bits per heavy atom. The molecule has 5 heteroatoms. The van der Waals surface area contributed by atoms with Gasteiger partial charge in [-0.2, -0.15) is 0 Å². The first-order valence-electron chi connectivity index (χ1n) is 10.4. The van der Waals surface area contributed by atoms with E-state index in [2.05, 4.69) is 46.1 Å². The zero-order valence-corrected chi connectivity index (χ0v) is 16.7. The Kier molecular flexibility index (Phi) is 4.76. The second-order valence-electron chi connectivity index (χ2n) is 8.13. The number of benzene rings is 2. The fraction of sp³-hybridized carbons (Fsp3) is 0.333. The van der Waals surface area contributed by atoms with Crippen LogP contribution in [0.4, 0.5) is 4.39 Å². The maximum atomic E-state index is 13.8. The Morgan fingerprint density at radius 1 is 1.07 bits per heavy atom. The molecule has 0 aliphatic carbocycles. The molecular weight excluding hydrogens is 363 g/mol. The summed E-state index contributed by atoms with van der Waals surface area (Å²) in [5, 5.41) is 0.962. The molecule has 2 aromatic heterocycles. The number of nitrogens with zero attached hydrogens (tertiary/aromatic N) is 3. The van der Waals surface area contributed by atoms with Gasteiger partial charge in [0.25, 0.3) is 0 Å². The molecule has 0 amide bonds. The van der Waals surface area contributed by atoms with E-state index < -0.39 is 0 Å². The number of piperidine rings is 1. The van der Waals surface area contributed by atoms with Crippen molar-refractivity contribution in [1.82, 2.24) is 19.9 Å². The highest BCUT2D eigenvalue weighted by molar-refractivity contribution is 5.82. The van der Waals surface area contributed by atoms with Crippen LogP contribution in [0.2, 0.25) is 0 Å². The van der Waals surface area contributed by atoms with Gasteiger partial charge in [-0.1, -0.05) is 6.07 Å². The van der Waals surface area contributed by atoms with E-state index in [0.717, 1.165) is 66.7 Å². The Bertz CT molecular complexity index is 1160. The third kappa shape index (κ3) is 3.75. The number of rotatable bonds is 4. The number of aromatic nitrogens is 3. The largest absolute Gasteiger partial charge is 0.342 e. The number of nitrogens with one attached hydrogen (secondary N) is 1. The SMILES string of the molecule is Cc1ccc2nc(CCN3CCC(c4ccnc5ccc(F)cc45)CC3)[nH]c2c1. The van der Waals surface area contributed by atoms with Crippen LogP contribution in [-0.4, -0.2) is 39.5 Å². The normalized spacial score (nSPS) is 16.1. The Balaban J connectivity index is 1.23. The number of H-pyrrole nitrogens is 1. The molecular formula is C24H25FN4. The smallest absolute Gasteiger partial charge is 0.123 e. The van der Waals surface area contributed by atoms with Crippen LogP contribution in [0.15, 0.2) is 48.7 Å². The van der Waals surface area contributed by atoms with E-state index >= 15 is 0 Å². The van der Waals surface area contributed by atoms with Crippen LogP contribution in [0.5, 0.6) is 0 Å². The number of halogens is 1. The van der Waals surface area contributed by atoms with Gasteiger partial charge in [0, 0.05) is 24.5 Å². The average molecular weight is 388 g/mol. The number of hydrogen-bond acceptors (Lipinski definition) is 3. The summed E-state index contributed by atoms with van der Waals surface area (Å²) in [4.78, 5) is 15.1. The van der Waals surface area contributed by atoms with E-state index in [9.17, 15) is 4.39 Å². The predicted molar refractivity (Wildman–Crippen MR) is 115 cm³/mol. The lowest BCUT2D eigenvalue weighted by atomic mass is 9.87. The summed E-state index contributed by atoms with van der Waals surface area (Å²) in [6.45, 7) is 5.23. The number of fused-ring (bicyclic) bond motifs is 2. The summed E-state index contributed by atoms with van der Waals surface area (Å²) in [5.74, 6) is 1.33. The van der Waals surface area contributed by atoms with Crippen LogP contribution < -0.4 is 0 Å². The molecule has 1 aliphatic rings. The molecule has 3 heterocycles. The third-order valence-corrected chi connectivity index (χ3v) is 6.12. The van der Waals surface area contributed by atoms with Gasteiger partial charge in [-0.25, -0.2) is 9.37 Å². The summed E-state index contributed by atoms with van der Waals surface area (Å²) in [5.41, 5.74) is 5.53. The number of pyridine rings is 1. The van der Waals surface area contributed by atoms with Crippen LogP contribution in [0, 0.1) is 12.7 Å². The summed E-state index contributed by atoms with van der Waals surface area (Å²) in [6.07, 6.45) is 4.97. The van der Waals surface area contributed by atoms with Crippen LogP contribution in [-0.2, 0) is 6.42 Å². The first-order chi connectivity index (χ1) is 14.2. The molecule has 29 heavy (non-hydrogen) atoms. The number of likely N-dealkylation sites (tertiary alicyclic amines) is 1. The zero-order valence-electron chi connectivity index (χ0n) is 16.7. The van der Waals surface area contributed by atoms with Crippen molar-refractivity contribution >= 4 is 21.9 Å². The third-order valence-electron chi connectivity index (χ3n) is 6.12. The maximum Gasteiger partial charge on any atom is 0.123 e. The topological polar surface area (TPSA) is 44.8 Å². The molecule has 0 atom stereocenters. The number of aromatic amines is 1. The van der Waals surface area contributed by atoms with Crippen LogP contribution in [0.1, 0.15) is 35.7 Å². The molecule has 4 nitrogen and oxygen atoms in total. The van der Waals surface area contributed by atoms with Crippen molar-refractivity contribution in [3.8, 4) is 0 Å². The highest BCUT2D eigenvalue weighted by atomic mass is 19.1. The van der Waals surface area contributed by atoms with Crippen molar-refractivity contribution in [3.05, 3.63) is 71.4 Å². The second kappa shape index (κ2) is 7.56. The lowest BCUT2D eigenvalue weighted by molar-refractivity contribution is 0.214. The van der Waals surface area contributed by atoms with Gasteiger partial charge >= 0.3 is 0 Å². The van der Waals surface area contributed by atoms with Gasteiger partial charge in [0.05, 0.1) is 16.6 Å². The summed E-state index contributed by atoms with van der Waals surface area (Å²) in [7, 11) is 0. The standard InChI is InChI=1S/C24H25FN4/c1-16-2-4-22-23(14-16)28-24(27-22)9-13-29-11-7-17(8-12-29)19-6-10-26-21-5-3-18(25)15-20(19)21/h2-6,10,14-15,17H,7-9,11-13H2,1H3,(H,27,28). The van der Waals surface area contributed by atoms with E-state index in [0.29, 0.717) is 5.92 Å². The van der Waals surface area contributed by atoms with Crippen molar-refractivity contribution in [3.63, 3.8) is 0 Å². The number of hydrogen-bond donors (Lipinski definition) is 1. The van der Waals surface area contributed by atoms with Crippen molar-refractivity contribution in [2.75, 3.05) is 19.6 Å². The highest BCUT2D eigenvalue weighted by Crippen LogP contribution is 2.32. The fourth-order valence-corrected chi connectivity index (χ4v) is 4.52. The van der Waals surface area contributed by atoms with Crippen molar-refractivity contribution in [2.24, 2.45) is 0 Å². The second-order valence-corrected chi connectivity index (χ2v) is 8.13. The number of aryl methyl sites for hydroxylation is 1. The summed E-state index contributed by atoms with van der Waals surface area (Å²) >= 11 is 0. The monoisotopic (exact) mass is 388 g/mol. The van der Waals surface area contributed by atoms with Gasteiger partial charge < -0.3 is 9.88 Å². The highest BCUT2D eigenvalue weighted by Gasteiger charge is 2.22. The first kappa shape index (κ1) is 18.3. The Hall–Kier alpha value is -2.79. The van der Waals surface area contributed by atoms with Gasteiger partial charge in [0.2, 0.25) is 0 Å². The minimum Gasteiger partial charge on any atom is -0.342 e. The van der Waals surface area contributed by atoms with Crippen LogP contribution in [0.3, 0.4) is 0 Å². The van der Waals surface area contributed by atoms with E-state index in [-0.39, 0.29) is 5.82 Å². The maximum absolute atomic E-state index is 13.8. The van der Waals surface area contributed by atoms with Gasteiger partial charge in [-0.3, -0.25) is 4.98 Å². The molecule has 2 aromatic carbocycles. The minimum absolute atomic E-state index is 0.190. The van der Waals surface area contributed by atoms with Crippen LogP contribution >= 0.6 is 0 Å². The lowest BCUT2D eigenvalue weighted by Crippen LogP contribution is -2.34. The first-order valence-corrected chi connectivity index (χ1v) is 10.4. The van der Waals surface area contributed by atoms with Crippen molar-refractivity contribution in [1.29, 1.82) is 0 Å². The molecule has 0 spiro atoms. The summed E-state index contributed by atoms with van der Waals surface area (Å²) < 4.78 is 13.8.